The zero-order chi connectivity index (χ0) is 11.9. The maximum absolute atomic E-state index is 3.81. The van der Waals surface area contributed by atoms with Gasteiger partial charge in [-0.25, -0.2) is 0 Å². The molecule has 0 bridgehead atoms. The first-order valence-corrected chi connectivity index (χ1v) is 7.78. The van der Waals surface area contributed by atoms with Gasteiger partial charge in [-0.2, -0.15) is 0 Å². The Bertz CT molecular complexity index is 199. The molecule has 2 fully saturated rings. The van der Waals surface area contributed by atoms with Crippen LogP contribution in [-0.4, -0.2) is 25.7 Å². The summed E-state index contributed by atoms with van der Waals surface area (Å²) in [4.78, 5) is 0. The van der Waals surface area contributed by atoms with Crippen LogP contribution in [-0.2, 0) is 0 Å². The van der Waals surface area contributed by atoms with Gasteiger partial charge < -0.3 is 10.6 Å². The molecular weight excluding hydrogens is 208 g/mol. The maximum atomic E-state index is 3.81. The van der Waals surface area contributed by atoms with Crippen molar-refractivity contribution in [3.63, 3.8) is 0 Å². The minimum Gasteiger partial charge on any atom is -0.317 e. The summed E-state index contributed by atoms with van der Waals surface area (Å²) >= 11 is 0. The predicted octanol–water partition coefficient (Wildman–Crippen LogP) is 2.93. The second-order valence-electron chi connectivity index (χ2n) is 6.25. The first kappa shape index (κ1) is 13.4. The van der Waals surface area contributed by atoms with Gasteiger partial charge in [-0.3, -0.25) is 0 Å². The molecule has 2 aliphatic rings. The molecule has 0 aromatic heterocycles. The monoisotopic (exact) mass is 238 g/mol. The molecule has 0 aromatic rings. The number of nitrogens with one attached hydrogen (secondary N) is 2. The molecule has 2 N–H and O–H groups in total. The van der Waals surface area contributed by atoms with Gasteiger partial charge in [0.1, 0.15) is 0 Å². The van der Waals surface area contributed by atoms with Crippen LogP contribution in [0.4, 0.5) is 0 Å². The fourth-order valence-corrected chi connectivity index (χ4v) is 3.35. The van der Waals surface area contributed by atoms with E-state index >= 15 is 0 Å². The number of hydrogen-bond donors (Lipinski definition) is 2. The summed E-state index contributed by atoms with van der Waals surface area (Å²) in [6, 6.07) is 0.821. The first-order valence-electron chi connectivity index (χ1n) is 7.78. The topological polar surface area (TPSA) is 24.1 Å². The van der Waals surface area contributed by atoms with Crippen molar-refractivity contribution in [2.75, 3.05) is 19.6 Å². The zero-order valence-electron chi connectivity index (χ0n) is 11.5. The minimum atomic E-state index is 0.821. The molecule has 1 aliphatic carbocycles. The lowest BCUT2D eigenvalue weighted by Gasteiger charge is -2.24. The van der Waals surface area contributed by atoms with Gasteiger partial charge in [-0.15, -0.1) is 0 Å². The Morgan fingerprint density at radius 1 is 1.00 bits per heavy atom. The van der Waals surface area contributed by atoms with Crippen molar-refractivity contribution < 1.29 is 0 Å². The average molecular weight is 238 g/mol. The third-order valence-electron chi connectivity index (χ3n) is 4.70. The average Bonchev–Trinajstić information content (AvgIpc) is 2.56. The fraction of sp³-hybridized carbons (Fsp3) is 1.00. The fourth-order valence-electron chi connectivity index (χ4n) is 3.35. The smallest absolute Gasteiger partial charge is 0.00671 e. The number of hydrogen-bond acceptors (Lipinski definition) is 2. The van der Waals surface area contributed by atoms with Gasteiger partial charge >= 0.3 is 0 Å². The molecule has 2 rings (SSSR count). The van der Waals surface area contributed by atoms with Crippen LogP contribution >= 0.6 is 0 Å². The summed E-state index contributed by atoms with van der Waals surface area (Å²) in [5.41, 5.74) is 0. The third-order valence-corrected chi connectivity index (χ3v) is 4.70. The lowest BCUT2D eigenvalue weighted by molar-refractivity contribution is 0.335. The molecule has 2 nitrogen and oxygen atoms in total. The summed E-state index contributed by atoms with van der Waals surface area (Å²) < 4.78 is 0. The van der Waals surface area contributed by atoms with Crippen LogP contribution in [0.2, 0.25) is 0 Å². The van der Waals surface area contributed by atoms with E-state index in [4.69, 9.17) is 0 Å². The van der Waals surface area contributed by atoms with Crippen LogP contribution in [0.5, 0.6) is 0 Å². The Balaban J connectivity index is 1.57. The summed E-state index contributed by atoms with van der Waals surface area (Å²) in [5, 5.41) is 7.26. The van der Waals surface area contributed by atoms with Crippen LogP contribution in [0.1, 0.15) is 58.3 Å². The highest BCUT2D eigenvalue weighted by atomic mass is 14.9. The molecule has 0 radical (unpaired) electrons. The second-order valence-corrected chi connectivity index (χ2v) is 6.25. The van der Waals surface area contributed by atoms with E-state index in [0.29, 0.717) is 0 Å². The standard InChI is InChI=1S/C15H30N2/c1-13-3-2-4-15(6-5-13)17-12-9-14-7-10-16-11-8-14/h13-17H,2-12H2,1H3. The van der Waals surface area contributed by atoms with Crippen LogP contribution in [0.3, 0.4) is 0 Å². The van der Waals surface area contributed by atoms with Gasteiger partial charge in [0.2, 0.25) is 0 Å². The van der Waals surface area contributed by atoms with Crippen LogP contribution in [0.15, 0.2) is 0 Å². The summed E-state index contributed by atoms with van der Waals surface area (Å²) in [6.07, 6.45) is 11.3. The molecule has 0 aromatic carbocycles. The molecule has 1 saturated heterocycles. The quantitative estimate of drug-likeness (QED) is 0.736. The van der Waals surface area contributed by atoms with Crippen molar-refractivity contribution in [1.29, 1.82) is 0 Å². The highest BCUT2D eigenvalue weighted by Gasteiger charge is 2.17. The maximum Gasteiger partial charge on any atom is 0.00671 e. The van der Waals surface area contributed by atoms with E-state index < -0.39 is 0 Å². The van der Waals surface area contributed by atoms with Crippen molar-refractivity contribution in [2.45, 2.75) is 64.3 Å². The van der Waals surface area contributed by atoms with Crippen molar-refractivity contribution in [3.8, 4) is 0 Å². The van der Waals surface area contributed by atoms with Gasteiger partial charge in [-0.1, -0.05) is 19.8 Å². The van der Waals surface area contributed by atoms with E-state index in [1.54, 1.807) is 0 Å². The van der Waals surface area contributed by atoms with Gasteiger partial charge in [0, 0.05) is 6.04 Å². The highest BCUT2D eigenvalue weighted by molar-refractivity contribution is 4.75. The second kappa shape index (κ2) is 7.38. The van der Waals surface area contributed by atoms with Crippen LogP contribution < -0.4 is 10.6 Å². The third kappa shape index (κ3) is 4.97. The minimum absolute atomic E-state index is 0.821. The van der Waals surface area contributed by atoms with Crippen molar-refractivity contribution in [3.05, 3.63) is 0 Å². The molecule has 17 heavy (non-hydrogen) atoms. The molecule has 0 spiro atoms. The summed E-state index contributed by atoms with van der Waals surface area (Å²) in [6.45, 7) is 6.15. The largest absolute Gasteiger partial charge is 0.317 e. The lowest BCUT2D eigenvalue weighted by atomic mass is 9.94. The van der Waals surface area contributed by atoms with E-state index in [1.165, 1.54) is 71.0 Å². The van der Waals surface area contributed by atoms with Gasteiger partial charge in [0.25, 0.3) is 0 Å². The highest BCUT2D eigenvalue weighted by Crippen LogP contribution is 2.23. The molecule has 2 atom stereocenters. The molecular formula is C15H30N2. The van der Waals surface area contributed by atoms with E-state index in [-0.39, 0.29) is 0 Å². The molecule has 2 heteroatoms. The normalized spacial score (nSPS) is 32.3. The number of rotatable bonds is 4. The Hall–Kier alpha value is -0.0800. The SMILES string of the molecule is CC1CCCC(NCCC2CCNCC2)CC1. The zero-order valence-corrected chi connectivity index (χ0v) is 11.5. The Morgan fingerprint density at radius 2 is 1.82 bits per heavy atom. The van der Waals surface area contributed by atoms with Gasteiger partial charge in [-0.05, 0) is 70.0 Å². The van der Waals surface area contributed by atoms with Crippen LogP contribution in [0.25, 0.3) is 0 Å². The molecule has 2 unspecified atom stereocenters. The van der Waals surface area contributed by atoms with Gasteiger partial charge in [0.15, 0.2) is 0 Å². The van der Waals surface area contributed by atoms with Crippen molar-refractivity contribution >= 4 is 0 Å². The van der Waals surface area contributed by atoms with E-state index in [9.17, 15) is 0 Å². The Kier molecular flexibility index (Phi) is 5.79. The van der Waals surface area contributed by atoms with Crippen molar-refractivity contribution in [2.24, 2.45) is 11.8 Å². The van der Waals surface area contributed by atoms with E-state index in [0.717, 1.165) is 17.9 Å². The molecule has 1 aliphatic heterocycles. The first-order chi connectivity index (χ1) is 8.34. The molecule has 1 heterocycles. The summed E-state index contributed by atoms with van der Waals surface area (Å²) in [5.74, 6) is 1.94. The van der Waals surface area contributed by atoms with E-state index in [2.05, 4.69) is 17.6 Å². The number of piperidine rings is 1. The lowest BCUT2D eigenvalue weighted by Crippen LogP contribution is -2.33. The van der Waals surface area contributed by atoms with Crippen molar-refractivity contribution in [1.82, 2.24) is 10.6 Å². The molecule has 1 saturated carbocycles. The van der Waals surface area contributed by atoms with Crippen LogP contribution in [0, 0.1) is 11.8 Å². The Morgan fingerprint density at radius 3 is 2.65 bits per heavy atom. The predicted molar refractivity (Wildman–Crippen MR) is 74.3 cm³/mol. The molecule has 100 valence electrons. The summed E-state index contributed by atoms with van der Waals surface area (Å²) in [7, 11) is 0. The van der Waals surface area contributed by atoms with E-state index in [1.807, 2.05) is 0 Å². The van der Waals surface area contributed by atoms with Gasteiger partial charge in [0.05, 0.1) is 0 Å². The molecule has 0 amide bonds. The Labute approximate surface area is 107 Å².